The molecule has 1 heterocycles. The summed E-state index contributed by atoms with van der Waals surface area (Å²) >= 11 is 0. The maximum absolute atomic E-state index is 12.2. The molecule has 0 spiro atoms. The van der Waals surface area contributed by atoms with Gasteiger partial charge in [-0.1, -0.05) is 30.3 Å². The van der Waals surface area contributed by atoms with Gasteiger partial charge in [-0.25, -0.2) is 0 Å². The molecule has 1 fully saturated rings. The SMILES string of the molecule is COC[C@H]1NC(=O)CC[C@H]1C(=O)NCc1ccccc1. The number of rotatable bonds is 5. The number of nitrogens with one attached hydrogen (secondary N) is 2. The normalized spacial score (nSPS) is 22.1. The van der Waals surface area contributed by atoms with Crippen molar-refractivity contribution < 1.29 is 14.3 Å². The monoisotopic (exact) mass is 276 g/mol. The summed E-state index contributed by atoms with van der Waals surface area (Å²) in [5.74, 6) is -0.272. The third kappa shape index (κ3) is 3.81. The van der Waals surface area contributed by atoms with Crippen molar-refractivity contribution in [2.45, 2.75) is 25.4 Å². The fraction of sp³-hybridized carbons (Fsp3) is 0.467. The highest BCUT2D eigenvalue weighted by Gasteiger charge is 2.33. The van der Waals surface area contributed by atoms with Crippen molar-refractivity contribution in [1.82, 2.24) is 10.6 Å². The van der Waals surface area contributed by atoms with Gasteiger partial charge in [0.15, 0.2) is 0 Å². The topological polar surface area (TPSA) is 67.4 Å². The number of benzene rings is 1. The largest absolute Gasteiger partial charge is 0.383 e. The van der Waals surface area contributed by atoms with E-state index in [1.165, 1.54) is 0 Å². The second kappa shape index (κ2) is 7.05. The molecule has 0 bridgehead atoms. The number of hydrogen-bond donors (Lipinski definition) is 2. The zero-order valence-electron chi connectivity index (χ0n) is 11.6. The Balaban J connectivity index is 1.91. The predicted octanol–water partition coefficient (Wildman–Crippen LogP) is 0.844. The minimum Gasteiger partial charge on any atom is -0.383 e. The van der Waals surface area contributed by atoms with Gasteiger partial charge in [0.2, 0.25) is 11.8 Å². The summed E-state index contributed by atoms with van der Waals surface area (Å²) in [6.07, 6.45) is 0.962. The molecule has 1 aliphatic heterocycles. The standard InChI is InChI=1S/C15H20N2O3/c1-20-10-13-12(7-8-14(18)17-13)15(19)16-9-11-5-3-2-4-6-11/h2-6,12-13H,7-10H2,1H3,(H,16,19)(H,17,18)/t12-,13-/m1/s1. The number of ether oxygens (including phenoxy) is 1. The van der Waals surface area contributed by atoms with Crippen molar-refractivity contribution in [3.05, 3.63) is 35.9 Å². The molecule has 0 radical (unpaired) electrons. The summed E-state index contributed by atoms with van der Waals surface area (Å²) in [6, 6.07) is 9.52. The Morgan fingerprint density at radius 1 is 1.40 bits per heavy atom. The second-order valence-electron chi connectivity index (χ2n) is 4.98. The van der Waals surface area contributed by atoms with Crippen LogP contribution in [0.3, 0.4) is 0 Å². The lowest BCUT2D eigenvalue weighted by atomic mass is 9.90. The van der Waals surface area contributed by atoms with Crippen LogP contribution in [0.5, 0.6) is 0 Å². The Morgan fingerprint density at radius 3 is 2.85 bits per heavy atom. The van der Waals surface area contributed by atoms with Gasteiger partial charge in [0.05, 0.1) is 18.6 Å². The molecule has 5 nitrogen and oxygen atoms in total. The number of amides is 2. The lowest BCUT2D eigenvalue weighted by Gasteiger charge is -2.30. The molecule has 2 amide bonds. The van der Waals surface area contributed by atoms with E-state index in [-0.39, 0.29) is 23.8 Å². The van der Waals surface area contributed by atoms with Gasteiger partial charge in [-0.15, -0.1) is 0 Å². The number of hydrogen-bond acceptors (Lipinski definition) is 3. The Bertz CT molecular complexity index is 461. The number of piperidine rings is 1. The van der Waals surface area contributed by atoms with Crippen LogP contribution in [0, 0.1) is 5.92 Å². The van der Waals surface area contributed by atoms with E-state index < -0.39 is 0 Å². The van der Waals surface area contributed by atoms with E-state index in [0.717, 1.165) is 5.56 Å². The molecule has 20 heavy (non-hydrogen) atoms. The molecule has 108 valence electrons. The van der Waals surface area contributed by atoms with Crippen LogP contribution in [0.15, 0.2) is 30.3 Å². The van der Waals surface area contributed by atoms with Gasteiger partial charge in [0, 0.05) is 20.1 Å². The first-order chi connectivity index (χ1) is 9.70. The first kappa shape index (κ1) is 14.5. The average molecular weight is 276 g/mol. The highest BCUT2D eigenvalue weighted by Crippen LogP contribution is 2.18. The van der Waals surface area contributed by atoms with E-state index in [2.05, 4.69) is 10.6 Å². The average Bonchev–Trinajstić information content (AvgIpc) is 2.46. The highest BCUT2D eigenvalue weighted by atomic mass is 16.5. The third-order valence-corrected chi connectivity index (χ3v) is 3.51. The Labute approximate surface area is 118 Å². The molecule has 0 saturated carbocycles. The fourth-order valence-electron chi connectivity index (χ4n) is 2.43. The molecule has 0 aromatic heterocycles. The van der Waals surface area contributed by atoms with Crippen LogP contribution in [0.25, 0.3) is 0 Å². The van der Waals surface area contributed by atoms with Crippen LogP contribution in [0.4, 0.5) is 0 Å². The van der Waals surface area contributed by atoms with Gasteiger partial charge in [-0.2, -0.15) is 0 Å². The van der Waals surface area contributed by atoms with Crippen molar-refractivity contribution in [2.75, 3.05) is 13.7 Å². The van der Waals surface area contributed by atoms with Gasteiger partial charge >= 0.3 is 0 Å². The minimum atomic E-state index is -0.239. The van der Waals surface area contributed by atoms with Crippen LogP contribution in [0.2, 0.25) is 0 Å². The number of carbonyl (C=O) groups excluding carboxylic acids is 2. The molecule has 0 unspecified atom stereocenters. The van der Waals surface area contributed by atoms with Crippen LogP contribution in [-0.4, -0.2) is 31.6 Å². The molecule has 1 saturated heterocycles. The van der Waals surface area contributed by atoms with Gasteiger partial charge in [0.1, 0.15) is 0 Å². The van der Waals surface area contributed by atoms with E-state index in [1.807, 2.05) is 30.3 Å². The molecule has 5 heteroatoms. The Morgan fingerprint density at radius 2 is 2.15 bits per heavy atom. The van der Waals surface area contributed by atoms with Crippen LogP contribution >= 0.6 is 0 Å². The Kier molecular flexibility index (Phi) is 5.12. The molecular formula is C15H20N2O3. The number of methoxy groups -OCH3 is 1. The molecule has 0 aliphatic carbocycles. The van der Waals surface area contributed by atoms with Crippen molar-refractivity contribution in [1.29, 1.82) is 0 Å². The van der Waals surface area contributed by atoms with E-state index in [1.54, 1.807) is 7.11 Å². The summed E-state index contributed by atoms with van der Waals surface area (Å²) < 4.78 is 5.08. The minimum absolute atomic E-state index is 0.0147. The Hall–Kier alpha value is -1.88. The number of carbonyl (C=O) groups is 2. The van der Waals surface area contributed by atoms with E-state index in [4.69, 9.17) is 4.74 Å². The van der Waals surface area contributed by atoms with Crippen molar-refractivity contribution in [3.8, 4) is 0 Å². The summed E-state index contributed by atoms with van der Waals surface area (Å²) in [5, 5.41) is 5.75. The van der Waals surface area contributed by atoms with Crippen LogP contribution in [0.1, 0.15) is 18.4 Å². The summed E-state index contributed by atoms with van der Waals surface area (Å²) in [4.78, 5) is 23.6. The first-order valence-electron chi connectivity index (χ1n) is 6.80. The molecule has 2 N–H and O–H groups in total. The second-order valence-corrected chi connectivity index (χ2v) is 4.98. The molecule has 1 aromatic carbocycles. The zero-order chi connectivity index (χ0) is 14.4. The van der Waals surface area contributed by atoms with Crippen LogP contribution < -0.4 is 10.6 Å². The summed E-state index contributed by atoms with van der Waals surface area (Å²) in [7, 11) is 1.57. The van der Waals surface area contributed by atoms with E-state index >= 15 is 0 Å². The third-order valence-electron chi connectivity index (χ3n) is 3.51. The summed E-state index contributed by atoms with van der Waals surface area (Å²) in [5.41, 5.74) is 1.06. The zero-order valence-corrected chi connectivity index (χ0v) is 11.6. The maximum Gasteiger partial charge on any atom is 0.225 e. The predicted molar refractivity (Wildman–Crippen MR) is 74.8 cm³/mol. The quantitative estimate of drug-likeness (QED) is 0.837. The summed E-state index contributed by atoms with van der Waals surface area (Å²) in [6.45, 7) is 0.860. The lowest BCUT2D eigenvalue weighted by Crippen LogP contribution is -2.52. The van der Waals surface area contributed by atoms with E-state index in [9.17, 15) is 9.59 Å². The highest BCUT2D eigenvalue weighted by molar-refractivity contribution is 5.84. The molecule has 1 aliphatic rings. The molecular weight excluding hydrogens is 256 g/mol. The van der Waals surface area contributed by atoms with Crippen LogP contribution in [-0.2, 0) is 20.9 Å². The van der Waals surface area contributed by atoms with E-state index in [0.29, 0.717) is 26.0 Å². The smallest absolute Gasteiger partial charge is 0.225 e. The van der Waals surface area contributed by atoms with Gasteiger partial charge < -0.3 is 15.4 Å². The van der Waals surface area contributed by atoms with Crippen molar-refractivity contribution >= 4 is 11.8 Å². The van der Waals surface area contributed by atoms with Crippen molar-refractivity contribution in [3.63, 3.8) is 0 Å². The van der Waals surface area contributed by atoms with Gasteiger partial charge in [0.25, 0.3) is 0 Å². The lowest BCUT2D eigenvalue weighted by molar-refractivity contribution is -0.132. The molecule has 2 atom stereocenters. The van der Waals surface area contributed by atoms with Crippen molar-refractivity contribution in [2.24, 2.45) is 5.92 Å². The van der Waals surface area contributed by atoms with Gasteiger partial charge in [-0.3, -0.25) is 9.59 Å². The molecule has 2 rings (SSSR count). The first-order valence-corrected chi connectivity index (χ1v) is 6.80. The maximum atomic E-state index is 12.2. The molecule has 1 aromatic rings. The van der Waals surface area contributed by atoms with Gasteiger partial charge in [-0.05, 0) is 12.0 Å². The fourth-order valence-corrected chi connectivity index (χ4v) is 2.43.